The molecule has 0 spiro atoms. The Morgan fingerprint density at radius 1 is 1.12 bits per heavy atom. The number of halogens is 3. The highest BCUT2D eigenvalue weighted by molar-refractivity contribution is 5.88. The van der Waals surface area contributed by atoms with E-state index in [-0.39, 0.29) is 30.4 Å². The summed E-state index contributed by atoms with van der Waals surface area (Å²) in [6.45, 7) is 2.07. The number of benzene rings is 2. The van der Waals surface area contributed by atoms with Gasteiger partial charge < -0.3 is 10.4 Å². The second-order valence-electron chi connectivity index (χ2n) is 6.01. The highest BCUT2D eigenvalue weighted by atomic mass is 19.4. The smallest absolute Gasteiger partial charge is 0.416 e. The van der Waals surface area contributed by atoms with Crippen molar-refractivity contribution in [1.29, 1.82) is 0 Å². The van der Waals surface area contributed by atoms with Crippen LogP contribution in [0, 0.1) is 0 Å². The minimum atomic E-state index is -4.37. The third kappa shape index (κ3) is 5.34. The topological polar surface area (TPSA) is 66.4 Å². The molecule has 1 unspecified atom stereocenters. The first kappa shape index (κ1) is 19.5. The first-order valence-electron chi connectivity index (χ1n) is 7.93. The number of carbonyl (C=O) groups excluding carboxylic acids is 1. The minimum Gasteiger partial charge on any atom is -0.478 e. The Labute approximate surface area is 148 Å². The first-order chi connectivity index (χ1) is 12.2. The van der Waals surface area contributed by atoms with Crippen molar-refractivity contribution < 1.29 is 27.9 Å². The summed E-state index contributed by atoms with van der Waals surface area (Å²) in [5.41, 5.74) is 0.653. The van der Waals surface area contributed by atoms with Gasteiger partial charge in [-0.15, -0.1) is 0 Å². The molecule has 0 radical (unpaired) electrons. The van der Waals surface area contributed by atoms with Gasteiger partial charge in [-0.2, -0.15) is 13.2 Å². The fourth-order valence-corrected chi connectivity index (χ4v) is 2.45. The number of hydrogen-bond donors (Lipinski definition) is 2. The molecule has 0 bridgehead atoms. The number of carboxylic acids is 1. The quantitative estimate of drug-likeness (QED) is 0.817. The number of rotatable bonds is 6. The Bertz CT molecular complexity index is 785. The summed E-state index contributed by atoms with van der Waals surface area (Å²) in [5.74, 6) is -1.51. The number of nitrogens with one attached hydrogen (secondary N) is 1. The van der Waals surface area contributed by atoms with Gasteiger partial charge in [0, 0.05) is 6.54 Å². The zero-order chi connectivity index (χ0) is 19.3. The van der Waals surface area contributed by atoms with E-state index >= 15 is 0 Å². The summed E-state index contributed by atoms with van der Waals surface area (Å²) in [6, 6.07) is 10.9. The summed E-state index contributed by atoms with van der Waals surface area (Å²) in [4.78, 5) is 22.9. The third-order valence-electron chi connectivity index (χ3n) is 3.95. The Hall–Kier alpha value is -2.83. The predicted octanol–water partition coefficient (Wildman–Crippen LogP) is 3.87. The Morgan fingerprint density at radius 3 is 2.35 bits per heavy atom. The van der Waals surface area contributed by atoms with Crippen LogP contribution in [0.1, 0.15) is 39.9 Å². The van der Waals surface area contributed by atoms with Gasteiger partial charge in [-0.3, -0.25) is 4.79 Å². The van der Waals surface area contributed by atoms with Crippen LogP contribution in [0.4, 0.5) is 13.2 Å². The molecule has 0 saturated heterocycles. The molecule has 1 amide bonds. The van der Waals surface area contributed by atoms with Crippen LogP contribution in [0.5, 0.6) is 0 Å². The normalized spacial score (nSPS) is 12.5. The number of alkyl halides is 3. The molecule has 0 saturated carbocycles. The van der Waals surface area contributed by atoms with Crippen molar-refractivity contribution in [2.75, 3.05) is 6.54 Å². The van der Waals surface area contributed by atoms with E-state index in [4.69, 9.17) is 5.11 Å². The monoisotopic (exact) mass is 365 g/mol. The Morgan fingerprint density at radius 2 is 1.77 bits per heavy atom. The molecule has 4 nitrogen and oxygen atoms in total. The van der Waals surface area contributed by atoms with Gasteiger partial charge in [0.2, 0.25) is 5.91 Å². The Balaban J connectivity index is 1.90. The van der Waals surface area contributed by atoms with Gasteiger partial charge in [-0.05, 0) is 41.3 Å². The number of amides is 1. The molecular weight excluding hydrogens is 347 g/mol. The molecule has 0 heterocycles. The number of aromatic carboxylic acids is 1. The van der Waals surface area contributed by atoms with Crippen LogP contribution >= 0.6 is 0 Å². The molecule has 0 aliphatic rings. The lowest BCUT2D eigenvalue weighted by atomic mass is 9.99. The molecular formula is C19H18F3NO3. The maximum Gasteiger partial charge on any atom is 0.416 e. The van der Waals surface area contributed by atoms with E-state index in [1.54, 1.807) is 19.1 Å². The average Bonchev–Trinajstić information content (AvgIpc) is 2.59. The summed E-state index contributed by atoms with van der Waals surface area (Å²) in [7, 11) is 0. The van der Waals surface area contributed by atoms with E-state index < -0.39 is 17.7 Å². The van der Waals surface area contributed by atoms with Crippen LogP contribution in [-0.2, 0) is 17.4 Å². The predicted molar refractivity (Wildman–Crippen MR) is 90.0 cm³/mol. The van der Waals surface area contributed by atoms with Crippen LogP contribution in [0.15, 0.2) is 48.5 Å². The molecule has 2 aromatic rings. The first-order valence-corrected chi connectivity index (χ1v) is 7.93. The van der Waals surface area contributed by atoms with Gasteiger partial charge in [0.25, 0.3) is 0 Å². The highest BCUT2D eigenvalue weighted by Crippen LogP contribution is 2.30. The number of carboxylic acid groups (broad SMARTS) is 1. The van der Waals surface area contributed by atoms with Crippen LogP contribution in [0.3, 0.4) is 0 Å². The molecule has 7 heteroatoms. The number of hydrogen-bond acceptors (Lipinski definition) is 2. The van der Waals surface area contributed by atoms with Crippen molar-refractivity contribution in [3.63, 3.8) is 0 Å². The van der Waals surface area contributed by atoms with Crippen LogP contribution in [0.2, 0.25) is 0 Å². The van der Waals surface area contributed by atoms with Gasteiger partial charge in [0.15, 0.2) is 0 Å². The van der Waals surface area contributed by atoms with Gasteiger partial charge in [0.05, 0.1) is 17.5 Å². The second-order valence-corrected chi connectivity index (χ2v) is 6.01. The molecule has 0 aliphatic heterocycles. The molecule has 1 atom stereocenters. The van der Waals surface area contributed by atoms with Crippen molar-refractivity contribution in [2.45, 2.75) is 25.4 Å². The number of carbonyl (C=O) groups is 2. The summed E-state index contributed by atoms with van der Waals surface area (Å²) in [6.07, 6.45) is -4.35. The summed E-state index contributed by atoms with van der Waals surface area (Å²) < 4.78 is 37.7. The van der Waals surface area contributed by atoms with E-state index in [9.17, 15) is 22.8 Å². The van der Waals surface area contributed by atoms with Crippen molar-refractivity contribution in [3.05, 3.63) is 70.8 Å². The van der Waals surface area contributed by atoms with Crippen molar-refractivity contribution in [3.8, 4) is 0 Å². The van der Waals surface area contributed by atoms with E-state index in [2.05, 4.69) is 5.32 Å². The van der Waals surface area contributed by atoms with Crippen LogP contribution < -0.4 is 5.32 Å². The lowest BCUT2D eigenvalue weighted by Gasteiger charge is -2.14. The third-order valence-corrected chi connectivity index (χ3v) is 3.95. The summed E-state index contributed by atoms with van der Waals surface area (Å²) >= 11 is 0. The zero-order valence-electron chi connectivity index (χ0n) is 14.0. The van der Waals surface area contributed by atoms with E-state index in [1.807, 2.05) is 0 Å². The minimum absolute atomic E-state index is 0.0286. The lowest BCUT2D eigenvalue weighted by molar-refractivity contribution is -0.137. The van der Waals surface area contributed by atoms with Crippen LogP contribution in [-0.4, -0.2) is 23.5 Å². The van der Waals surface area contributed by atoms with Gasteiger partial charge in [-0.1, -0.05) is 31.2 Å². The standard InChI is InChI=1S/C19H18F3NO3/c1-12(14-5-7-16(8-6-14)19(20,21)22)11-23-17(24)10-13-3-2-4-15(9-13)18(25)26/h2-9,12H,10-11H2,1H3,(H,23,24)(H,25,26). The van der Waals surface area contributed by atoms with E-state index in [1.165, 1.54) is 24.3 Å². The van der Waals surface area contributed by atoms with Crippen molar-refractivity contribution >= 4 is 11.9 Å². The van der Waals surface area contributed by atoms with E-state index in [0.717, 1.165) is 12.1 Å². The van der Waals surface area contributed by atoms with Gasteiger partial charge in [-0.25, -0.2) is 4.79 Å². The molecule has 2 aromatic carbocycles. The molecule has 0 fully saturated rings. The second kappa shape index (κ2) is 8.03. The highest BCUT2D eigenvalue weighted by Gasteiger charge is 2.30. The zero-order valence-corrected chi connectivity index (χ0v) is 14.0. The van der Waals surface area contributed by atoms with Crippen LogP contribution in [0.25, 0.3) is 0 Å². The SMILES string of the molecule is CC(CNC(=O)Cc1cccc(C(=O)O)c1)c1ccc(C(F)(F)F)cc1. The largest absolute Gasteiger partial charge is 0.478 e. The molecule has 2 N–H and O–H groups in total. The average molecular weight is 365 g/mol. The lowest BCUT2D eigenvalue weighted by Crippen LogP contribution is -2.29. The van der Waals surface area contributed by atoms with Crippen molar-refractivity contribution in [1.82, 2.24) is 5.32 Å². The van der Waals surface area contributed by atoms with Gasteiger partial charge >= 0.3 is 12.1 Å². The summed E-state index contributed by atoms with van der Waals surface area (Å²) in [5, 5.41) is 11.7. The molecule has 0 aromatic heterocycles. The fraction of sp³-hybridized carbons (Fsp3) is 0.263. The Kier molecular flexibility index (Phi) is 6.02. The fourth-order valence-electron chi connectivity index (χ4n) is 2.45. The van der Waals surface area contributed by atoms with Crippen molar-refractivity contribution in [2.24, 2.45) is 0 Å². The van der Waals surface area contributed by atoms with Gasteiger partial charge in [0.1, 0.15) is 0 Å². The molecule has 138 valence electrons. The van der Waals surface area contributed by atoms with E-state index in [0.29, 0.717) is 11.1 Å². The molecule has 26 heavy (non-hydrogen) atoms. The maximum absolute atomic E-state index is 12.6. The molecule has 2 rings (SSSR count). The molecule has 0 aliphatic carbocycles. The maximum atomic E-state index is 12.6.